The SMILES string of the molecule is Nc1ncnc2c1ncn2[13C@@H]1O[13C@H]([13CH2]SCC[C@H](N)C(=O)O)[13C@@H](O)[13C@H]1O. The molecule has 0 bridgehead atoms. The number of nitrogens with two attached hydrogens (primary N) is 2. The van der Waals surface area contributed by atoms with Gasteiger partial charge in [0.05, 0.1) is 12.4 Å². The number of aliphatic hydroxyl groups excluding tert-OH is 2. The number of aliphatic hydroxyl groups is 2. The van der Waals surface area contributed by atoms with Gasteiger partial charge in [-0.25, -0.2) is 15.0 Å². The van der Waals surface area contributed by atoms with Crippen molar-refractivity contribution in [1.29, 1.82) is 0 Å². The zero-order chi connectivity index (χ0) is 18.8. The minimum absolute atomic E-state index is 0.212. The lowest BCUT2D eigenvalue weighted by molar-refractivity contribution is -0.138. The Bertz CT molecular complexity index is 788. The van der Waals surface area contributed by atoms with E-state index in [0.717, 1.165) is 0 Å². The number of rotatable bonds is 7. The summed E-state index contributed by atoms with van der Waals surface area (Å²) in [6.07, 6.45) is -0.747. The van der Waals surface area contributed by atoms with Crippen LogP contribution >= 0.6 is 11.8 Å². The minimum atomic E-state index is -1.17. The second kappa shape index (κ2) is 7.72. The fourth-order valence-corrected chi connectivity index (χ4v) is 3.78. The second-order valence-corrected chi connectivity index (χ2v) is 7.09. The fraction of sp³-hybridized carbons (Fsp3) is 0.571. The molecule has 11 nitrogen and oxygen atoms in total. The lowest BCUT2D eigenvalue weighted by Gasteiger charge is -2.16. The molecule has 3 rings (SSSR count). The van der Waals surface area contributed by atoms with Crippen molar-refractivity contribution in [3.05, 3.63) is 12.7 Å². The van der Waals surface area contributed by atoms with Gasteiger partial charge in [-0.05, 0) is 12.2 Å². The van der Waals surface area contributed by atoms with E-state index in [0.29, 0.717) is 29.1 Å². The third kappa shape index (κ3) is 3.59. The van der Waals surface area contributed by atoms with Gasteiger partial charge in [0.2, 0.25) is 0 Å². The maximum absolute atomic E-state index is 10.7. The second-order valence-electron chi connectivity index (χ2n) is 5.94. The van der Waals surface area contributed by atoms with Crippen molar-refractivity contribution in [3.63, 3.8) is 0 Å². The maximum atomic E-state index is 10.7. The Kier molecular flexibility index (Phi) is 5.58. The van der Waals surface area contributed by atoms with E-state index in [1.54, 1.807) is 0 Å². The van der Waals surface area contributed by atoms with E-state index in [2.05, 4.69) is 15.0 Å². The first-order valence-electron chi connectivity index (χ1n) is 7.91. The van der Waals surface area contributed by atoms with Crippen LogP contribution in [0.3, 0.4) is 0 Å². The molecule has 1 fully saturated rings. The van der Waals surface area contributed by atoms with Crippen LogP contribution in [0.4, 0.5) is 5.82 Å². The van der Waals surface area contributed by atoms with Crippen molar-refractivity contribution < 1.29 is 24.9 Å². The Balaban J connectivity index is 1.64. The number of carboxylic acid groups (broad SMARTS) is 1. The number of ether oxygens (including phenoxy) is 1. The Morgan fingerprint density at radius 3 is 2.85 bits per heavy atom. The zero-order valence-electron chi connectivity index (χ0n) is 13.7. The molecule has 7 N–H and O–H groups in total. The predicted octanol–water partition coefficient (Wildman–Crippen LogP) is -1.44. The number of hydrogen-bond donors (Lipinski definition) is 5. The molecule has 0 radical (unpaired) electrons. The number of aliphatic carboxylic acids is 1. The molecule has 0 spiro atoms. The van der Waals surface area contributed by atoms with Gasteiger partial charge < -0.3 is 31.5 Å². The van der Waals surface area contributed by atoms with Gasteiger partial charge in [0.25, 0.3) is 0 Å². The van der Waals surface area contributed by atoms with Crippen LogP contribution in [0, 0.1) is 0 Å². The molecule has 26 heavy (non-hydrogen) atoms. The first-order valence-corrected chi connectivity index (χ1v) is 9.06. The number of anilines is 1. The van der Waals surface area contributed by atoms with Gasteiger partial charge in [0.1, 0.15) is 30.1 Å². The molecule has 2 aromatic heterocycles. The molecule has 1 saturated heterocycles. The van der Waals surface area contributed by atoms with Gasteiger partial charge in [-0.1, -0.05) is 0 Å². The van der Waals surface area contributed by atoms with E-state index >= 15 is 0 Å². The van der Waals surface area contributed by atoms with E-state index in [1.165, 1.54) is 29.0 Å². The van der Waals surface area contributed by atoms with Gasteiger partial charge in [0, 0.05) is 5.75 Å². The molecule has 12 heteroatoms. The molecular weight excluding hydrogens is 369 g/mol. The molecule has 142 valence electrons. The van der Waals surface area contributed by atoms with E-state index < -0.39 is 36.6 Å². The summed E-state index contributed by atoms with van der Waals surface area (Å²) in [5, 5.41) is 29.3. The molecular formula is C14H20N6O5S. The summed E-state index contributed by atoms with van der Waals surface area (Å²) in [5.41, 5.74) is 12.0. The van der Waals surface area contributed by atoms with E-state index in [-0.39, 0.29) is 5.82 Å². The summed E-state index contributed by atoms with van der Waals surface area (Å²) in [7, 11) is 0. The summed E-state index contributed by atoms with van der Waals surface area (Å²) in [5.74, 6) is 0.0405. The van der Waals surface area contributed by atoms with Crippen LogP contribution in [-0.2, 0) is 9.53 Å². The Labute approximate surface area is 152 Å². The molecule has 0 saturated carbocycles. The third-order valence-electron chi connectivity index (χ3n) is 4.17. The summed E-state index contributed by atoms with van der Waals surface area (Å²) < 4.78 is 7.29. The van der Waals surface area contributed by atoms with Crippen LogP contribution < -0.4 is 11.5 Å². The van der Waals surface area contributed by atoms with Gasteiger partial charge in [-0.2, -0.15) is 11.8 Å². The summed E-state index contributed by atoms with van der Waals surface area (Å²) in [6, 6.07) is -0.919. The van der Waals surface area contributed by atoms with Crippen LogP contribution in [0.1, 0.15) is 12.6 Å². The molecule has 0 unspecified atom stereocenters. The van der Waals surface area contributed by atoms with Crippen LogP contribution in [0.2, 0.25) is 0 Å². The molecule has 3 heterocycles. The molecule has 0 aromatic carbocycles. The lowest BCUT2D eigenvalue weighted by Crippen LogP contribution is -2.33. The van der Waals surface area contributed by atoms with Gasteiger partial charge in [0.15, 0.2) is 17.7 Å². The number of aromatic nitrogens is 4. The molecule has 5 atom stereocenters. The third-order valence-corrected chi connectivity index (χ3v) is 5.26. The number of thioether (sulfide) groups is 1. The summed E-state index contributed by atoms with van der Waals surface area (Å²) >= 11 is 1.40. The first kappa shape index (κ1) is 18.8. The Morgan fingerprint density at radius 1 is 1.35 bits per heavy atom. The van der Waals surface area contributed by atoms with Gasteiger partial charge in [-0.15, -0.1) is 0 Å². The van der Waals surface area contributed by atoms with Crippen molar-refractivity contribution in [2.75, 3.05) is 17.2 Å². The monoisotopic (exact) mass is 389 g/mol. The maximum Gasteiger partial charge on any atom is 0.320 e. The number of carbonyl (C=O) groups is 1. The molecule has 2 aromatic rings. The smallest absolute Gasteiger partial charge is 0.320 e. The zero-order valence-corrected chi connectivity index (χ0v) is 14.5. The summed E-state index contributed by atoms with van der Waals surface area (Å²) in [6.45, 7) is 0. The van der Waals surface area contributed by atoms with Crippen molar-refractivity contribution >= 4 is 34.7 Å². The highest BCUT2D eigenvalue weighted by Gasteiger charge is 2.44. The highest BCUT2D eigenvalue weighted by atomic mass is 32.2. The fourth-order valence-electron chi connectivity index (χ4n) is 2.69. The highest BCUT2D eigenvalue weighted by molar-refractivity contribution is 7.99. The van der Waals surface area contributed by atoms with Crippen LogP contribution in [0.15, 0.2) is 12.7 Å². The standard InChI is InChI=1S/C14H20N6O5S/c15-6(14(23)24)1-2-26-3-7-9(21)10(22)13(25-7)20-5-19-8-11(16)17-4-18-12(8)20/h4-7,9-10,13,21-22H,1-3,15H2,(H,23,24)(H2,16,17,18)/t6-,7+,9+,10+,13+/m0/s1/i3+1,7+1,9+1,10+1,13+1. The highest BCUT2D eigenvalue weighted by Crippen LogP contribution is 2.33. The van der Waals surface area contributed by atoms with E-state index in [9.17, 15) is 15.0 Å². The van der Waals surface area contributed by atoms with Crippen molar-refractivity contribution in [2.45, 2.75) is 37.0 Å². The number of carboxylic acids is 1. The number of hydrogen-bond acceptors (Lipinski definition) is 10. The van der Waals surface area contributed by atoms with Gasteiger partial charge >= 0.3 is 5.97 Å². The van der Waals surface area contributed by atoms with Crippen molar-refractivity contribution in [2.24, 2.45) is 5.73 Å². The quantitative estimate of drug-likeness (QED) is 0.276. The average Bonchev–Trinajstić information content (AvgIpc) is 3.15. The van der Waals surface area contributed by atoms with Crippen LogP contribution in [-0.4, -0.2) is 76.7 Å². The number of nitrogens with zero attached hydrogens (tertiary/aromatic N) is 4. The van der Waals surface area contributed by atoms with E-state index in [1.807, 2.05) is 0 Å². The topological polar surface area (TPSA) is 183 Å². The van der Waals surface area contributed by atoms with Crippen molar-refractivity contribution in [1.82, 2.24) is 19.5 Å². The first-order chi connectivity index (χ1) is 12.4. The van der Waals surface area contributed by atoms with Crippen LogP contribution in [0.25, 0.3) is 11.2 Å². The summed E-state index contributed by atoms with van der Waals surface area (Å²) in [4.78, 5) is 22.8. The Hall–Kier alpha value is -1.99. The number of imidazole rings is 1. The van der Waals surface area contributed by atoms with Gasteiger partial charge in [-0.3, -0.25) is 9.36 Å². The Morgan fingerprint density at radius 2 is 2.12 bits per heavy atom. The molecule has 1 aliphatic heterocycles. The molecule has 0 amide bonds. The van der Waals surface area contributed by atoms with Crippen LogP contribution in [0.5, 0.6) is 0 Å². The number of fused-ring (bicyclic) bond motifs is 1. The van der Waals surface area contributed by atoms with Crippen molar-refractivity contribution in [3.8, 4) is 0 Å². The molecule has 0 aliphatic carbocycles. The normalized spacial score (nSPS) is 27.0. The number of nitrogen functional groups attached to an aromatic ring is 1. The minimum Gasteiger partial charge on any atom is -0.480 e. The largest absolute Gasteiger partial charge is 0.480 e. The predicted molar refractivity (Wildman–Crippen MR) is 93.2 cm³/mol. The molecule has 1 aliphatic rings. The lowest BCUT2D eigenvalue weighted by atomic mass is 10.2. The van der Waals surface area contributed by atoms with E-state index in [4.69, 9.17) is 21.3 Å². The average molecular weight is 389 g/mol.